The zero-order valence-electron chi connectivity index (χ0n) is 14.0. The van der Waals surface area contributed by atoms with Crippen molar-refractivity contribution in [3.05, 3.63) is 33.8 Å². The van der Waals surface area contributed by atoms with Crippen LogP contribution in [0, 0.1) is 5.92 Å². The molecule has 1 heterocycles. The number of rotatable bonds is 4. The second-order valence-electron chi connectivity index (χ2n) is 6.86. The monoisotopic (exact) mass is 390 g/mol. The molecule has 3 rings (SSSR count). The summed E-state index contributed by atoms with van der Waals surface area (Å²) in [6.45, 7) is 2.78. The van der Waals surface area contributed by atoms with Crippen LogP contribution in [0.1, 0.15) is 37.7 Å². The van der Waals surface area contributed by atoms with Crippen LogP contribution in [-0.2, 0) is 10.2 Å². The number of amides is 1. The molecule has 0 bridgehead atoms. The van der Waals surface area contributed by atoms with E-state index < -0.39 is 0 Å². The zero-order chi connectivity index (χ0) is 16.4. The van der Waals surface area contributed by atoms with Crippen molar-refractivity contribution >= 4 is 41.5 Å². The fourth-order valence-corrected chi connectivity index (χ4v) is 4.18. The second-order valence-corrected chi connectivity index (χ2v) is 7.67. The topological polar surface area (TPSA) is 32.3 Å². The molecule has 134 valence electrons. The van der Waals surface area contributed by atoms with Crippen molar-refractivity contribution in [1.29, 1.82) is 0 Å². The first-order valence-corrected chi connectivity index (χ1v) is 9.22. The second kappa shape index (κ2) is 8.27. The van der Waals surface area contributed by atoms with Gasteiger partial charge in [-0.25, -0.2) is 0 Å². The highest BCUT2D eigenvalue weighted by atomic mass is 35.5. The summed E-state index contributed by atoms with van der Waals surface area (Å²) in [5, 5.41) is 4.33. The van der Waals surface area contributed by atoms with Crippen molar-refractivity contribution in [2.24, 2.45) is 5.92 Å². The van der Waals surface area contributed by atoms with Gasteiger partial charge in [0.15, 0.2) is 0 Å². The maximum Gasteiger partial charge on any atom is 0.233 e. The Hall–Kier alpha value is -0.480. The third kappa shape index (κ3) is 3.70. The normalized spacial score (nSPS) is 20.2. The van der Waals surface area contributed by atoms with Crippen LogP contribution in [0.2, 0.25) is 10.0 Å². The number of carbonyl (C=O) groups excluding carboxylic acids is 1. The highest BCUT2D eigenvalue weighted by Crippen LogP contribution is 2.46. The van der Waals surface area contributed by atoms with Crippen molar-refractivity contribution in [3.63, 3.8) is 0 Å². The van der Waals surface area contributed by atoms with Gasteiger partial charge in [-0.3, -0.25) is 4.79 Å². The van der Waals surface area contributed by atoms with Gasteiger partial charge in [-0.2, -0.15) is 0 Å². The van der Waals surface area contributed by atoms with Gasteiger partial charge in [0.1, 0.15) is 0 Å². The van der Waals surface area contributed by atoms with Gasteiger partial charge in [0.25, 0.3) is 0 Å². The molecule has 6 heteroatoms. The third-order valence-corrected chi connectivity index (χ3v) is 6.22. The first-order chi connectivity index (χ1) is 11.1. The first-order valence-electron chi connectivity index (χ1n) is 8.46. The van der Waals surface area contributed by atoms with Crippen molar-refractivity contribution in [3.8, 4) is 0 Å². The minimum absolute atomic E-state index is 0. The predicted octanol–water partition coefficient (Wildman–Crippen LogP) is 4.29. The molecule has 1 saturated heterocycles. The van der Waals surface area contributed by atoms with Gasteiger partial charge < -0.3 is 10.2 Å². The molecule has 1 aliphatic heterocycles. The summed E-state index contributed by atoms with van der Waals surface area (Å²) < 4.78 is 0. The van der Waals surface area contributed by atoms with Gasteiger partial charge in [-0.05, 0) is 62.9 Å². The van der Waals surface area contributed by atoms with E-state index in [4.69, 9.17) is 23.2 Å². The van der Waals surface area contributed by atoms with Gasteiger partial charge in [0.05, 0.1) is 15.5 Å². The summed E-state index contributed by atoms with van der Waals surface area (Å²) in [6.07, 6.45) is 5.11. The molecule has 0 radical (unpaired) electrons. The third-order valence-electron chi connectivity index (χ3n) is 5.48. The van der Waals surface area contributed by atoms with E-state index in [1.807, 2.05) is 25.2 Å². The van der Waals surface area contributed by atoms with Gasteiger partial charge in [-0.15, -0.1) is 12.4 Å². The molecular weight excluding hydrogens is 367 g/mol. The molecule has 2 fully saturated rings. The number of halogens is 3. The van der Waals surface area contributed by atoms with Gasteiger partial charge in [-0.1, -0.05) is 35.7 Å². The minimum Gasteiger partial charge on any atom is -0.342 e. The van der Waals surface area contributed by atoms with Crippen LogP contribution in [0.15, 0.2) is 18.2 Å². The van der Waals surface area contributed by atoms with Crippen LogP contribution >= 0.6 is 35.6 Å². The Bertz CT molecular complexity index is 582. The molecule has 0 spiro atoms. The molecule has 1 saturated carbocycles. The van der Waals surface area contributed by atoms with Crippen molar-refractivity contribution in [2.75, 3.05) is 26.7 Å². The molecule has 0 atom stereocenters. The molecule has 1 aromatic carbocycles. The number of benzene rings is 1. The van der Waals surface area contributed by atoms with Crippen LogP contribution in [0.25, 0.3) is 0 Å². The van der Waals surface area contributed by atoms with Gasteiger partial charge in [0, 0.05) is 13.1 Å². The predicted molar refractivity (Wildman–Crippen MR) is 102 cm³/mol. The molecule has 0 aromatic heterocycles. The standard InChI is InChI=1S/C18H24Cl2N2O.ClH/c1-21-12-13-5-9-22(10-6-13)17(23)18(7-2-8-18)14-3-4-15(19)16(20)11-14;/h3-4,11,13,21H,2,5-10,12H2,1H3;1H. The Morgan fingerprint density at radius 1 is 1.25 bits per heavy atom. The highest BCUT2D eigenvalue weighted by molar-refractivity contribution is 6.42. The molecule has 1 N–H and O–H groups in total. The maximum atomic E-state index is 13.2. The van der Waals surface area contributed by atoms with Gasteiger partial charge in [0.2, 0.25) is 5.91 Å². The number of carbonyl (C=O) groups is 1. The smallest absolute Gasteiger partial charge is 0.233 e. The summed E-state index contributed by atoms with van der Waals surface area (Å²) in [4.78, 5) is 15.3. The first kappa shape index (κ1) is 19.8. The lowest BCUT2D eigenvalue weighted by molar-refractivity contribution is -0.142. The average Bonchev–Trinajstić information content (AvgIpc) is 2.51. The maximum absolute atomic E-state index is 13.2. The zero-order valence-corrected chi connectivity index (χ0v) is 16.3. The van der Waals surface area contributed by atoms with Crippen LogP contribution in [0.5, 0.6) is 0 Å². The van der Waals surface area contributed by atoms with Crippen LogP contribution in [0.4, 0.5) is 0 Å². The largest absolute Gasteiger partial charge is 0.342 e. The molecule has 1 aromatic rings. The molecular formula is C18H25Cl3N2O. The van der Waals surface area contributed by atoms with Crippen molar-refractivity contribution in [1.82, 2.24) is 10.2 Å². The number of piperidine rings is 1. The Morgan fingerprint density at radius 2 is 1.92 bits per heavy atom. The quantitative estimate of drug-likeness (QED) is 0.830. The Labute approximate surface area is 160 Å². The summed E-state index contributed by atoms with van der Waals surface area (Å²) >= 11 is 12.2. The minimum atomic E-state index is -0.371. The summed E-state index contributed by atoms with van der Waals surface area (Å²) in [5.41, 5.74) is 0.657. The number of nitrogens with one attached hydrogen (secondary N) is 1. The molecule has 1 amide bonds. The molecule has 24 heavy (non-hydrogen) atoms. The Kier molecular flexibility index (Phi) is 6.83. The Morgan fingerprint density at radius 3 is 2.42 bits per heavy atom. The van der Waals surface area contributed by atoms with Crippen LogP contribution in [0.3, 0.4) is 0 Å². The van der Waals surface area contributed by atoms with E-state index in [1.165, 1.54) is 0 Å². The average molecular weight is 392 g/mol. The van der Waals surface area contributed by atoms with Crippen LogP contribution < -0.4 is 5.32 Å². The van der Waals surface area contributed by atoms with Crippen molar-refractivity contribution < 1.29 is 4.79 Å². The highest BCUT2D eigenvalue weighted by Gasteiger charge is 2.48. The van der Waals surface area contributed by atoms with Gasteiger partial charge >= 0.3 is 0 Å². The summed E-state index contributed by atoms with van der Waals surface area (Å²) in [7, 11) is 1.99. The number of hydrogen-bond donors (Lipinski definition) is 1. The lowest BCUT2D eigenvalue weighted by atomic mass is 9.63. The van der Waals surface area contributed by atoms with E-state index >= 15 is 0 Å². The molecule has 3 nitrogen and oxygen atoms in total. The summed E-state index contributed by atoms with van der Waals surface area (Å²) in [5.74, 6) is 0.969. The van der Waals surface area contributed by atoms with E-state index in [0.29, 0.717) is 16.0 Å². The lowest BCUT2D eigenvalue weighted by Gasteiger charge is -2.45. The van der Waals surface area contributed by atoms with E-state index in [-0.39, 0.29) is 23.7 Å². The van der Waals surface area contributed by atoms with E-state index in [9.17, 15) is 4.79 Å². The van der Waals surface area contributed by atoms with E-state index in [2.05, 4.69) is 10.2 Å². The fraction of sp³-hybridized carbons (Fsp3) is 0.611. The number of hydrogen-bond acceptors (Lipinski definition) is 2. The van der Waals surface area contributed by atoms with Crippen LogP contribution in [-0.4, -0.2) is 37.5 Å². The number of nitrogens with zero attached hydrogens (tertiary/aromatic N) is 1. The fourth-order valence-electron chi connectivity index (χ4n) is 3.88. The summed E-state index contributed by atoms with van der Waals surface area (Å²) in [6, 6.07) is 5.67. The SMILES string of the molecule is CNCC1CCN(C(=O)C2(c3ccc(Cl)c(Cl)c3)CCC2)CC1.Cl. The Balaban J connectivity index is 0.00000208. The molecule has 2 aliphatic rings. The van der Waals surface area contributed by atoms with E-state index in [1.54, 1.807) is 0 Å². The molecule has 0 unspecified atom stereocenters. The van der Waals surface area contributed by atoms with E-state index in [0.717, 1.165) is 57.3 Å². The number of likely N-dealkylation sites (tertiary alicyclic amines) is 1. The van der Waals surface area contributed by atoms with Crippen molar-refractivity contribution in [2.45, 2.75) is 37.5 Å². The molecule has 1 aliphatic carbocycles. The lowest BCUT2D eigenvalue weighted by Crippen LogP contribution is -2.53.